The lowest BCUT2D eigenvalue weighted by atomic mass is 10.1. The molecule has 1 saturated heterocycles. The van der Waals surface area contributed by atoms with Crippen molar-refractivity contribution in [3.63, 3.8) is 0 Å². The van der Waals surface area contributed by atoms with Crippen LogP contribution in [0.2, 0.25) is 0 Å². The zero-order valence-electron chi connectivity index (χ0n) is 9.93. The second-order valence-corrected chi connectivity index (χ2v) is 4.79. The Hall–Kier alpha value is -1.87. The van der Waals surface area contributed by atoms with Gasteiger partial charge in [-0.2, -0.15) is 0 Å². The van der Waals surface area contributed by atoms with Crippen LogP contribution in [-0.4, -0.2) is 25.0 Å². The summed E-state index contributed by atoms with van der Waals surface area (Å²) in [7, 11) is 0. The van der Waals surface area contributed by atoms with Gasteiger partial charge in [-0.25, -0.2) is 0 Å². The van der Waals surface area contributed by atoms with Crippen molar-refractivity contribution in [3.05, 3.63) is 47.5 Å². The number of nitrogens with zero attached hydrogens (tertiary/aromatic N) is 1. The minimum Gasteiger partial charge on any atom is -0.393 e. The van der Waals surface area contributed by atoms with E-state index in [9.17, 15) is 0 Å². The number of rotatable bonds is 3. The first-order chi connectivity index (χ1) is 8.92. The maximum atomic E-state index is 5.37. The van der Waals surface area contributed by atoms with E-state index in [0.717, 1.165) is 18.7 Å². The van der Waals surface area contributed by atoms with E-state index in [4.69, 9.17) is 9.57 Å². The lowest BCUT2D eigenvalue weighted by molar-refractivity contribution is 0.125. The lowest BCUT2D eigenvalue weighted by Gasteiger charge is -2.01. The molecule has 0 aromatic heterocycles. The minimum absolute atomic E-state index is 0.258. The molecule has 1 aliphatic carbocycles. The third-order valence-electron chi connectivity index (χ3n) is 3.50. The van der Waals surface area contributed by atoms with Gasteiger partial charge in [0.15, 0.2) is 0 Å². The Morgan fingerprint density at radius 3 is 2.89 bits per heavy atom. The van der Waals surface area contributed by atoms with E-state index >= 15 is 0 Å². The van der Waals surface area contributed by atoms with Crippen molar-refractivity contribution in [2.24, 2.45) is 5.16 Å². The average molecular weight is 239 g/mol. The third-order valence-corrected chi connectivity index (χ3v) is 3.50. The zero-order chi connectivity index (χ0) is 11.9. The molecule has 1 atom stereocenters. The van der Waals surface area contributed by atoms with Crippen LogP contribution in [0.3, 0.4) is 0 Å². The summed E-state index contributed by atoms with van der Waals surface area (Å²) in [6.45, 7) is 1.37. The van der Waals surface area contributed by atoms with Crippen LogP contribution in [0.1, 0.15) is 11.1 Å². The van der Waals surface area contributed by atoms with Gasteiger partial charge in [0, 0.05) is 12.0 Å². The standard InChI is InChI=1S/C15H13NO2/c1-3-10-4-2-6-13-14(7-11(5-1)15(10)13)16-18-9-12-8-17-12/h1-6,12H,7-9H2/b16-14-. The molecule has 0 amide bonds. The van der Waals surface area contributed by atoms with Gasteiger partial charge in [-0.05, 0) is 16.3 Å². The first-order valence-corrected chi connectivity index (χ1v) is 6.23. The van der Waals surface area contributed by atoms with Crippen molar-refractivity contribution < 1.29 is 9.57 Å². The van der Waals surface area contributed by atoms with E-state index in [-0.39, 0.29) is 6.10 Å². The second-order valence-electron chi connectivity index (χ2n) is 4.79. The number of epoxide rings is 1. The second kappa shape index (κ2) is 3.82. The van der Waals surface area contributed by atoms with Crippen LogP contribution < -0.4 is 0 Å². The molecular formula is C15H13NO2. The van der Waals surface area contributed by atoms with Crippen molar-refractivity contribution in [3.8, 4) is 0 Å². The van der Waals surface area contributed by atoms with Crippen molar-refractivity contribution in [2.75, 3.05) is 13.2 Å². The summed E-state index contributed by atoms with van der Waals surface area (Å²) in [6.07, 6.45) is 1.12. The zero-order valence-corrected chi connectivity index (χ0v) is 9.93. The van der Waals surface area contributed by atoms with Crippen LogP contribution >= 0.6 is 0 Å². The Balaban J connectivity index is 1.71. The third kappa shape index (κ3) is 1.59. The minimum atomic E-state index is 0.258. The first-order valence-electron chi connectivity index (χ1n) is 6.23. The average Bonchev–Trinajstić information content (AvgIpc) is 3.15. The van der Waals surface area contributed by atoms with Gasteiger partial charge in [-0.1, -0.05) is 41.6 Å². The highest BCUT2D eigenvalue weighted by Crippen LogP contribution is 2.31. The first kappa shape index (κ1) is 10.1. The van der Waals surface area contributed by atoms with Gasteiger partial charge in [0.25, 0.3) is 0 Å². The molecule has 1 aliphatic heterocycles. The highest BCUT2D eigenvalue weighted by molar-refractivity contribution is 6.17. The molecule has 0 spiro atoms. The molecule has 1 fully saturated rings. The molecule has 0 N–H and O–H groups in total. The Bertz CT molecular complexity index is 639. The predicted octanol–water partition coefficient (Wildman–Crippen LogP) is 2.52. The van der Waals surface area contributed by atoms with Crippen LogP contribution in [0.4, 0.5) is 0 Å². The highest BCUT2D eigenvalue weighted by atomic mass is 16.7. The summed E-state index contributed by atoms with van der Waals surface area (Å²) in [6, 6.07) is 12.7. The summed E-state index contributed by atoms with van der Waals surface area (Å²) in [5, 5.41) is 6.88. The van der Waals surface area contributed by atoms with Crippen LogP contribution in [0.15, 0.2) is 41.6 Å². The molecule has 3 nitrogen and oxygen atoms in total. The Morgan fingerprint density at radius 2 is 2.06 bits per heavy atom. The molecule has 0 radical (unpaired) electrons. The predicted molar refractivity (Wildman–Crippen MR) is 69.9 cm³/mol. The van der Waals surface area contributed by atoms with Crippen molar-refractivity contribution in [1.29, 1.82) is 0 Å². The van der Waals surface area contributed by atoms with Crippen molar-refractivity contribution >= 4 is 16.5 Å². The maximum absolute atomic E-state index is 5.37. The van der Waals surface area contributed by atoms with Gasteiger partial charge >= 0.3 is 0 Å². The van der Waals surface area contributed by atoms with Gasteiger partial charge in [-0.15, -0.1) is 0 Å². The molecule has 18 heavy (non-hydrogen) atoms. The molecule has 0 bridgehead atoms. The van der Waals surface area contributed by atoms with Gasteiger partial charge in [-0.3, -0.25) is 0 Å². The highest BCUT2D eigenvalue weighted by Gasteiger charge is 2.24. The summed E-state index contributed by atoms with van der Waals surface area (Å²) in [4.78, 5) is 5.37. The molecule has 1 heterocycles. The van der Waals surface area contributed by atoms with E-state index in [1.54, 1.807) is 0 Å². The Kier molecular flexibility index (Phi) is 2.14. The molecule has 2 aromatic carbocycles. The monoisotopic (exact) mass is 239 g/mol. The topological polar surface area (TPSA) is 34.1 Å². The van der Waals surface area contributed by atoms with E-state index in [1.807, 2.05) is 0 Å². The molecule has 3 heteroatoms. The van der Waals surface area contributed by atoms with Crippen LogP contribution in [0.5, 0.6) is 0 Å². The Labute approximate surface area is 105 Å². The molecule has 4 rings (SSSR count). The maximum Gasteiger partial charge on any atom is 0.145 e. The van der Waals surface area contributed by atoms with Crippen molar-refractivity contribution in [2.45, 2.75) is 12.5 Å². The van der Waals surface area contributed by atoms with E-state index < -0.39 is 0 Å². The lowest BCUT2D eigenvalue weighted by Crippen LogP contribution is -2.02. The largest absolute Gasteiger partial charge is 0.393 e. The van der Waals surface area contributed by atoms with Crippen LogP contribution in [-0.2, 0) is 16.0 Å². The fourth-order valence-electron chi connectivity index (χ4n) is 2.53. The van der Waals surface area contributed by atoms with E-state index in [1.165, 1.54) is 21.9 Å². The molecular weight excluding hydrogens is 226 g/mol. The van der Waals surface area contributed by atoms with Crippen molar-refractivity contribution in [1.82, 2.24) is 0 Å². The quantitative estimate of drug-likeness (QED) is 0.609. The van der Waals surface area contributed by atoms with E-state index in [2.05, 4.69) is 41.6 Å². The SMILES string of the molecule is c1cc2c3c(cccc3c1)/C(=N\OCC1CO1)C2. The molecule has 90 valence electrons. The fraction of sp³-hybridized carbons (Fsp3) is 0.267. The molecule has 2 aromatic rings. The summed E-state index contributed by atoms with van der Waals surface area (Å²) in [5.74, 6) is 0. The number of benzene rings is 2. The normalized spacial score (nSPS) is 22.7. The molecule has 0 saturated carbocycles. The number of hydrogen-bond acceptors (Lipinski definition) is 3. The van der Waals surface area contributed by atoms with Crippen LogP contribution in [0.25, 0.3) is 10.8 Å². The summed E-state index contributed by atoms with van der Waals surface area (Å²) < 4.78 is 5.10. The van der Waals surface area contributed by atoms with Crippen LogP contribution in [0, 0.1) is 0 Å². The molecule has 2 aliphatic rings. The smallest absolute Gasteiger partial charge is 0.145 e. The summed E-state index contributed by atoms with van der Waals surface area (Å²) in [5.41, 5.74) is 3.58. The van der Waals surface area contributed by atoms with Gasteiger partial charge in [0.1, 0.15) is 12.7 Å². The number of oxime groups is 1. The Morgan fingerprint density at radius 1 is 1.22 bits per heavy atom. The van der Waals surface area contributed by atoms with Gasteiger partial charge in [0.05, 0.1) is 12.3 Å². The number of hydrogen-bond donors (Lipinski definition) is 0. The molecule has 1 unspecified atom stereocenters. The summed E-state index contributed by atoms with van der Waals surface area (Å²) >= 11 is 0. The van der Waals surface area contributed by atoms with E-state index in [0.29, 0.717) is 6.61 Å². The van der Waals surface area contributed by atoms with Gasteiger partial charge < -0.3 is 9.57 Å². The number of ether oxygens (including phenoxy) is 1. The fourth-order valence-corrected chi connectivity index (χ4v) is 2.53. The van der Waals surface area contributed by atoms with Gasteiger partial charge in [0.2, 0.25) is 0 Å².